The van der Waals surface area contributed by atoms with Crippen molar-refractivity contribution in [1.82, 2.24) is 39.2 Å². The summed E-state index contributed by atoms with van der Waals surface area (Å²) < 4.78 is 3.59. The standard InChI is InChI=1S/C19H15ClN4.C19H16N4O/c20-18-15(12-5-2-1-3-6-12)9-14-11-21-17-10-16(13-7-4-8-13)23-24(17)19(14)22-18;24-19-15(12-5-2-1-3-6-12)9-14-11-20-17-10-16(13-7-4-8-13)22-23(17)18(14)21-19/h1-3,5-6,9-11,13H,4,7-8H2;1-3,5-6,9-11,13H,4,7-8H2,(H,21,24). The van der Waals surface area contributed by atoms with Crippen molar-refractivity contribution in [3.63, 3.8) is 0 Å². The molecular formula is C38H31ClN8O. The molecule has 48 heavy (non-hydrogen) atoms. The highest BCUT2D eigenvalue weighted by atomic mass is 35.5. The van der Waals surface area contributed by atoms with E-state index in [1.807, 2.05) is 89.6 Å². The Kier molecular flexibility index (Phi) is 7.00. The first-order valence-electron chi connectivity index (χ1n) is 16.5. The van der Waals surface area contributed by atoms with E-state index in [-0.39, 0.29) is 5.56 Å². The molecule has 10 heteroatoms. The quantitative estimate of drug-likeness (QED) is 0.192. The minimum atomic E-state index is -0.109. The second-order valence-electron chi connectivity index (χ2n) is 12.7. The van der Waals surface area contributed by atoms with E-state index in [1.165, 1.54) is 38.5 Å². The number of benzene rings is 2. The van der Waals surface area contributed by atoms with Crippen molar-refractivity contribution < 1.29 is 0 Å². The number of nitrogens with one attached hydrogen (secondary N) is 1. The van der Waals surface area contributed by atoms with Gasteiger partial charge in [0, 0.05) is 58.3 Å². The van der Waals surface area contributed by atoms with Gasteiger partial charge in [-0.2, -0.15) is 19.2 Å². The zero-order chi connectivity index (χ0) is 32.2. The van der Waals surface area contributed by atoms with Gasteiger partial charge in [0.05, 0.1) is 11.4 Å². The highest BCUT2D eigenvalue weighted by Gasteiger charge is 2.24. The summed E-state index contributed by atoms with van der Waals surface area (Å²) in [6.07, 6.45) is 11.0. The molecule has 10 rings (SSSR count). The van der Waals surface area contributed by atoms with Gasteiger partial charge in [0.1, 0.15) is 10.8 Å². The lowest BCUT2D eigenvalue weighted by Crippen LogP contribution is -2.12. The van der Waals surface area contributed by atoms with Gasteiger partial charge in [0.2, 0.25) is 0 Å². The molecule has 2 fully saturated rings. The summed E-state index contributed by atoms with van der Waals surface area (Å²) in [4.78, 5) is 29.3. The largest absolute Gasteiger partial charge is 0.306 e. The molecule has 0 bridgehead atoms. The van der Waals surface area contributed by atoms with Crippen LogP contribution < -0.4 is 5.56 Å². The van der Waals surface area contributed by atoms with Crippen LogP contribution in [0.25, 0.3) is 55.6 Å². The van der Waals surface area contributed by atoms with Crippen molar-refractivity contribution in [2.45, 2.75) is 50.4 Å². The van der Waals surface area contributed by atoms with Gasteiger partial charge < -0.3 is 4.98 Å². The summed E-state index contributed by atoms with van der Waals surface area (Å²) in [6, 6.07) is 27.7. The molecule has 0 spiro atoms. The highest BCUT2D eigenvalue weighted by molar-refractivity contribution is 6.32. The molecule has 0 amide bonds. The lowest BCUT2D eigenvalue weighted by atomic mass is 9.83. The van der Waals surface area contributed by atoms with E-state index in [1.54, 1.807) is 10.7 Å². The smallest absolute Gasteiger partial charge is 0.257 e. The molecule has 2 saturated carbocycles. The van der Waals surface area contributed by atoms with Crippen molar-refractivity contribution in [2.24, 2.45) is 0 Å². The molecule has 6 aromatic heterocycles. The minimum absolute atomic E-state index is 0.109. The highest BCUT2D eigenvalue weighted by Crippen LogP contribution is 2.37. The third kappa shape index (κ3) is 5.02. The Balaban J connectivity index is 0.000000131. The lowest BCUT2D eigenvalue weighted by Gasteiger charge is -2.22. The number of rotatable bonds is 4. The van der Waals surface area contributed by atoms with Crippen LogP contribution in [0.2, 0.25) is 5.15 Å². The van der Waals surface area contributed by atoms with Crippen molar-refractivity contribution in [3.05, 3.63) is 124 Å². The fourth-order valence-corrected chi connectivity index (χ4v) is 6.83. The summed E-state index contributed by atoms with van der Waals surface area (Å²) in [7, 11) is 0. The number of H-pyrrole nitrogens is 1. The Morgan fingerprint density at radius 3 is 1.81 bits per heavy atom. The average Bonchev–Trinajstić information content (AvgIpc) is 3.68. The third-order valence-electron chi connectivity index (χ3n) is 9.75. The molecule has 2 aromatic carbocycles. The Labute approximate surface area is 280 Å². The van der Waals surface area contributed by atoms with E-state index in [4.69, 9.17) is 21.8 Å². The summed E-state index contributed by atoms with van der Waals surface area (Å²) in [5, 5.41) is 11.7. The molecule has 9 nitrogen and oxygen atoms in total. The molecule has 0 saturated heterocycles. The van der Waals surface area contributed by atoms with E-state index < -0.39 is 0 Å². The molecule has 0 aliphatic heterocycles. The van der Waals surface area contributed by atoms with E-state index >= 15 is 0 Å². The SMILES string of the molecule is Clc1nc2c(cnc3cc(C4CCC4)nn32)cc1-c1ccccc1.O=c1[nH]c2c(cnc3cc(C4CCC4)nn32)cc1-c1ccccc1. The minimum Gasteiger partial charge on any atom is -0.306 e. The number of pyridine rings is 2. The Bertz CT molecular complexity index is 2510. The van der Waals surface area contributed by atoms with Crippen LogP contribution >= 0.6 is 11.6 Å². The van der Waals surface area contributed by atoms with Crippen LogP contribution in [0.15, 0.2) is 102 Å². The van der Waals surface area contributed by atoms with E-state index in [9.17, 15) is 4.79 Å². The topological polar surface area (TPSA) is 106 Å². The molecule has 2 aliphatic carbocycles. The van der Waals surface area contributed by atoms with E-state index in [2.05, 4.69) is 26.0 Å². The molecule has 236 valence electrons. The summed E-state index contributed by atoms with van der Waals surface area (Å²) >= 11 is 6.47. The summed E-state index contributed by atoms with van der Waals surface area (Å²) in [5.41, 5.74) is 8.68. The number of halogens is 1. The second-order valence-corrected chi connectivity index (χ2v) is 13.1. The Morgan fingerprint density at radius 2 is 1.21 bits per heavy atom. The van der Waals surface area contributed by atoms with Gasteiger partial charge in [0.15, 0.2) is 16.9 Å². The van der Waals surface area contributed by atoms with Crippen LogP contribution in [0.3, 0.4) is 0 Å². The molecule has 6 heterocycles. The third-order valence-corrected chi connectivity index (χ3v) is 10.0. The predicted molar refractivity (Wildman–Crippen MR) is 188 cm³/mol. The lowest BCUT2D eigenvalue weighted by molar-refractivity contribution is 0.410. The fourth-order valence-electron chi connectivity index (χ4n) is 6.59. The van der Waals surface area contributed by atoms with Gasteiger partial charge >= 0.3 is 0 Å². The van der Waals surface area contributed by atoms with Crippen LogP contribution in [0, 0.1) is 0 Å². The number of aromatic nitrogens is 8. The molecule has 8 aromatic rings. The summed E-state index contributed by atoms with van der Waals surface area (Å²) in [5.74, 6) is 1.11. The molecule has 2 aliphatic rings. The molecule has 0 unspecified atom stereocenters. The maximum atomic E-state index is 12.6. The van der Waals surface area contributed by atoms with Gasteiger partial charge in [0.25, 0.3) is 5.56 Å². The zero-order valence-corrected chi connectivity index (χ0v) is 26.8. The van der Waals surface area contributed by atoms with Gasteiger partial charge in [-0.15, -0.1) is 0 Å². The van der Waals surface area contributed by atoms with Crippen LogP contribution in [0.1, 0.15) is 61.7 Å². The van der Waals surface area contributed by atoms with Crippen LogP contribution in [0.4, 0.5) is 0 Å². The molecular weight excluding hydrogens is 620 g/mol. The van der Waals surface area contributed by atoms with E-state index in [0.29, 0.717) is 28.2 Å². The molecule has 1 N–H and O–H groups in total. The first kappa shape index (κ1) is 28.8. The van der Waals surface area contributed by atoms with Crippen molar-refractivity contribution in [1.29, 1.82) is 0 Å². The molecule has 0 atom stereocenters. The van der Waals surface area contributed by atoms with Crippen LogP contribution in [-0.4, -0.2) is 39.2 Å². The van der Waals surface area contributed by atoms with Gasteiger partial charge in [-0.3, -0.25) is 4.79 Å². The van der Waals surface area contributed by atoms with Gasteiger partial charge in [-0.25, -0.2) is 15.0 Å². The Morgan fingerprint density at radius 1 is 0.667 bits per heavy atom. The van der Waals surface area contributed by atoms with Crippen LogP contribution in [-0.2, 0) is 0 Å². The number of hydrogen-bond acceptors (Lipinski definition) is 6. The van der Waals surface area contributed by atoms with E-state index in [0.717, 1.165) is 55.8 Å². The molecule has 0 radical (unpaired) electrons. The normalized spacial score (nSPS) is 15.0. The summed E-state index contributed by atoms with van der Waals surface area (Å²) in [6.45, 7) is 0. The van der Waals surface area contributed by atoms with Crippen molar-refractivity contribution >= 4 is 45.0 Å². The number of nitrogens with zero attached hydrogens (tertiary/aromatic N) is 7. The maximum Gasteiger partial charge on any atom is 0.257 e. The maximum absolute atomic E-state index is 12.6. The van der Waals surface area contributed by atoms with Crippen molar-refractivity contribution in [3.8, 4) is 22.3 Å². The first-order valence-corrected chi connectivity index (χ1v) is 16.8. The first-order chi connectivity index (χ1) is 23.6. The second kappa shape index (κ2) is 11.7. The van der Waals surface area contributed by atoms with Gasteiger partial charge in [-0.1, -0.05) is 85.1 Å². The number of aromatic amines is 1. The fraction of sp³-hybridized carbons (Fsp3) is 0.211. The zero-order valence-electron chi connectivity index (χ0n) is 26.1. The number of fused-ring (bicyclic) bond motifs is 6. The van der Waals surface area contributed by atoms with Crippen molar-refractivity contribution in [2.75, 3.05) is 0 Å². The predicted octanol–water partition coefficient (Wildman–Crippen LogP) is 8.37. The van der Waals surface area contributed by atoms with Crippen LogP contribution in [0.5, 0.6) is 0 Å². The monoisotopic (exact) mass is 650 g/mol. The number of hydrogen-bond donors (Lipinski definition) is 1. The average molecular weight is 651 g/mol. The Hall–Kier alpha value is -5.41. The van der Waals surface area contributed by atoms with Gasteiger partial charge in [-0.05, 0) is 48.9 Å².